The molecule has 1 fully saturated rings. The van der Waals surface area contributed by atoms with Crippen molar-refractivity contribution in [2.45, 2.75) is 30.9 Å². The maximum absolute atomic E-state index is 13.4. The molecular formula is C19H24ClN3O2S. The maximum atomic E-state index is 13.4. The topological polar surface area (TPSA) is 64.0 Å². The molecule has 4 rings (SSSR count). The second-order valence-electron chi connectivity index (χ2n) is 7.15. The zero-order valence-corrected chi connectivity index (χ0v) is 16.4. The van der Waals surface area contributed by atoms with E-state index < -0.39 is 14.8 Å². The van der Waals surface area contributed by atoms with Crippen molar-refractivity contribution >= 4 is 33.5 Å². The van der Waals surface area contributed by atoms with Gasteiger partial charge < -0.3 is 5.32 Å². The zero-order valence-electron chi connectivity index (χ0n) is 14.8. The van der Waals surface area contributed by atoms with Gasteiger partial charge in [-0.3, -0.25) is 0 Å². The maximum Gasteiger partial charge on any atom is 0.249 e. The molecule has 3 heterocycles. The van der Waals surface area contributed by atoms with Crippen molar-refractivity contribution in [2.75, 3.05) is 13.1 Å². The number of halogens is 1. The van der Waals surface area contributed by atoms with Crippen molar-refractivity contribution in [3.05, 3.63) is 54.4 Å². The minimum absolute atomic E-state index is 0. The second-order valence-corrected chi connectivity index (χ2v) is 9.42. The van der Waals surface area contributed by atoms with Gasteiger partial charge in [0.15, 0.2) is 5.65 Å². The van der Waals surface area contributed by atoms with E-state index in [1.54, 1.807) is 18.5 Å². The van der Waals surface area contributed by atoms with E-state index in [1.165, 1.54) is 9.55 Å². The van der Waals surface area contributed by atoms with Crippen LogP contribution < -0.4 is 5.32 Å². The van der Waals surface area contributed by atoms with Crippen LogP contribution in [0.5, 0.6) is 0 Å². The molecule has 26 heavy (non-hydrogen) atoms. The van der Waals surface area contributed by atoms with Crippen LogP contribution in [-0.2, 0) is 10.0 Å². The zero-order chi connectivity index (χ0) is 17.5. The fraction of sp³-hybridized carbons (Fsp3) is 0.421. The van der Waals surface area contributed by atoms with E-state index in [4.69, 9.17) is 0 Å². The van der Waals surface area contributed by atoms with Crippen LogP contribution >= 0.6 is 12.4 Å². The molecule has 1 atom stereocenters. The molecule has 0 aromatic carbocycles. The average Bonchev–Trinajstić information content (AvgIpc) is 3.07. The Bertz CT molecular complexity index is 958. The highest BCUT2D eigenvalue weighted by Gasteiger charge is 2.41. The van der Waals surface area contributed by atoms with Gasteiger partial charge in [-0.25, -0.2) is 17.4 Å². The summed E-state index contributed by atoms with van der Waals surface area (Å²) in [6.45, 7) is 3.82. The lowest BCUT2D eigenvalue weighted by molar-refractivity contribution is 0.404. The summed E-state index contributed by atoms with van der Waals surface area (Å²) in [4.78, 5) is 4.28. The Morgan fingerprint density at radius 3 is 2.81 bits per heavy atom. The monoisotopic (exact) mass is 393 g/mol. The molecular weight excluding hydrogens is 370 g/mol. The minimum Gasteiger partial charge on any atom is -0.317 e. The fourth-order valence-electron chi connectivity index (χ4n) is 3.91. The first-order valence-corrected chi connectivity index (χ1v) is 10.2. The Hall–Kier alpha value is -1.63. The highest BCUT2D eigenvalue weighted by Crippen LogP contribution is 2.38. The lowest BCUT2D eigenvalue weighted by Crippen LogP contribution is -2.40. The predicted molar refractivity (Wildman–Crippen MR) is 107 cm³/mol. The van der Waals surface area contributed by atoms with Crippen LogP contribution in [0.4, 0.5) is 0 Å². The van der Waals surface area contributed by atoms with Gasteiger partial charge in [0.1, 0.15) is 4.75 Å². The smallest absolute Gasteiger partial charge is 0.249 e. The Morgan fingerprint density at radius 1 is 1.27 bits per heavy atom. The molecule has 1 saturated heterocycles. The summed E-state index contributed by atoms with van der Waals surface area (Å²) in [5.74, 6) is 0.472. The summed E-state index contributed by atoms with van der Waals surface area (Å²) in [6.07, 6.45) is 11.8. The van der Waals surface area contributed by atoms with Crippen molar-refractivity contribution in [3.63, 3.8) is 0 Å². The van der Waals surface area contributed by atoms with Gasteiger partial charge >= 0.3 is 0 Å². The fourth-order valence-corrected chi connectivity index (χ4v) is 5.56. The normalized spacial score (nSPS) is 24.3. The standard InChI is InChI=1S/C19H23N3O2S.ClH/c1-19(9-2-4-17(14-19)15-6-11-20-12-7-15)25(23,24)22-13-8-16-5-3-10-21-18(16)22;/h2-5,8-10,13,15,20H,6-7,11-12,14H2,1H3;1H. The van der Waals surface area contributed by atoms with Gasteiger partial charge in [0, 0.05) is 17.8 Å². The van der Waals surface area contributed by atoms with Gasteiger partial charge in [0.25, 0.3) is 0 Å². The molecule has 2 aliphatic rings. The molecule has 0 amide bonds. The molecule has 140 valence electrons. The molecule has 1 N–H and O–H groups in total. The van der Waals surface area contributed by atoms with Gasteiger partial charge in [0.05, 0.1) is 0 Å². The number of hydrogen-bond acceptors (Lipinski definition) is 4. The summed E-state index contributed by atoms with van der Waals surface area (Å²) < 4.78 is 27.3. The number of nitrogens with one attached hydrogen (secondary N) is 1. The van der Waals surface area contributed by atoms with E-state index in [1.807, 2.05) is 31.2 Å². The number of allylic oxidation sites excluding steroid dienone is 3. The highest BCUT2D eigenvalue weighted by molar-refractivity contribution is 7.91. The van der Waals surface area contributed by atoms with Crippen LogP contribution in [-0.4, -0.2) is 35.2 Å². The number of rotatable bonds is 3. The third-order valence-electron chi connectivity index (χ3n) is 5.44. The first-order valence-electron chi connectivity index (χ1n) is 8.77. The SMILES string of the molecule is CC1(S(=O)(=O)n2ccc3cccnc32)C=CC=C(C2CCNCC2)C1.Cl. The largest absolute Gasteiger partial charge is 0.317 e. The summed E-state index contributed by atoms with van der Waals surface area (Å²) in [5, 5.41) is 4.21. The van der Waals surface area contributed by atoms with Crippen molar-refractivity contribution in [2.24, 2.45) is 5.92 Å². The minimum atomic E-state index is -3.61. The lowest BCUT2D eigenvalue weighted by atomic mass is 9.82. The molecule has 1 unspecified atom stereocenters. The molecule has 5 nitrogen and oxygen atoms in total. The second kappa shape index (κ2) is 7.18. The Labute approximate surface area is 160 Å². The third kappa shape index (κ3) is 3.10. The van der Waals surface area contributed by atoms with E-state index in [2.05, 4.69) is 16.4 Å². The molecule has 1 aliphatic carbocycles. The Balaban J connectivity index is 0.00000196. The molecule has 7 heteroatoms. The Morgan fingerprint density at radius 2 is 2.04 bits per heavy atom. The van der Waals surface area contributed by atoms with Crippen LogP contribution in [0.3, 0.4) is 0 Å². The quantitative estimate of drug-likeness (QED) is 0.869. The van der Waals surface area contributed by atoms with Gasteiger partial charge in [-0.05, 0) is 63.4 Å². The lowest BCUT2D eigenvalue weighted by Gasteiger charge is -2.34. The summed E-state index contributed by atoms with van der Waals surface area (Å²) in [6, 6.07) is 5.51. The number of hydrogen-bond donors (Lipinski definition) is 1. The van der Waals surface area contributed by atoms with E-state index in [0.717, 1.165) is 31.3 Å². The van der Waals surface area contributed by atoms with Crippen LogP contribution in [0.2, 0.25) is 0 Å². The molecule has 0 radical (unpaired) electrons. The Kier molecular flexibility index (Phi) is 5.28. The number of pyridine rings is 1. The molecule has 2 aromatic rings. The van der Waals surface area contributed by atoms with Gasteiger partial charge in [-0.15, -0.1) is 12.4 Å². The number of aromatic nitrogens is 2. The average molecular weight is 394 g/mol. The third-order valence-corrected chi connectivity index (χ3v) is 7.71. The van der Waals surface area contributed by atoms with Gasteiger partial charge in [-0.2, -0.15) is 0 Å². The number of piperidine rings is 1. The summed E-state index contributed by atoms with van der Waals surface area (Å²) >= 11 is 0. The van der Waals surface area contributed by atoms with Crippen molar-refractivity contribution in [1.82, 2.24) is 14.3 Å². The van der Waals surface area contributed by atoms with Crippen LogP contribution in [0.25, 0.3) is 11.0 Å². The summed E-state index contributed by atoms with van der Waals surface area (Å²) in [5.41, 5.74) is 1.74. The molecule has 0 bridgehead atoms. The van der Waals surface area contributed by atoms with Crippen molar-refractivity contribution in [3.8, 4) is 0 Å². The van der Waals surface area contributed by atoms with Gasteiger partial charge in [0.2, 0.25) is 10.0 Å². The molecule has 1 aliphatic heterocycles. The van der Waals surface area contributed by atoms with Crippen molar-refractivity contribution < 1.29 is 8.42 Å². The van der Waals surface area contributed by atoms with E-state index >= 15 is 0 Å². The predicted octanol–water partition coefficient (Wildman–Crippen LogP) is 3.28. The van der Waals surface area contributed by atoms with Crippen LogP contribution in [0.1, 0.15) is 26.2 Å². The first kappa shape index (κ1) is 19.1. The van der Waals surface area contributed by atoms with E-state index in [-0.39, 0.29) is 12.4 Å². The molecule has 0 saturated carbocycles. The van der Waals surface area contributed by atoms with Crippen molar-refractivity contribution in [1.29, 1.82) is 0 Å². The molecule has 0 spiro atoms. The summed E-state index contributed by atoms with van der Waals surface area (Å²) in [7, 11) is -3.61. The van der Waals surface area contributed by atoms with E-state index in [9.17, 15) is 8.42 Å². The highest BCUT2D eigenvalue weighted by atomic mass is 35.5. The number of fused-ring (bicyclic) bond motifs is 1. The van der Waals surface area contributed by atoms with Crippen LogP contribution in [0.15, 0.2) is 54.4 Å². The first-order chi connectivity index (χ1) is 12.0. The van der Waals surface area contributed by atoms with E-state index in [0.29, 0.717) is 18.0 Å². The van der Waals surface area contributed by atoms with Crippen LogP contribution in [0, 0.1) is 5.92 Å². The number of nitrogens with zero attached hydrogens (tertiary/aromatic N) is 2. The molecule has 2 aromatic heterocycles. The van der Waals surface area contributed by atoms with Gasteiger partial charge in [-0.1, -0.05) is 23.8 Å².